The van der Waals surface area contributed by atoms with E-state index in [1.807, 2.05) is 6.92 Å². The van der Waals surface area contributed by atoms with Crippen molar-refractivity contribution in [2.24, 2.45) is 0 Å². The molecule has 1 aromatic heterocycles. The zero-order chi connectivity index (χ0) is 21.3. The number of anilines is 1. The molecule has 2 aliphatic rings. The topological polar surface area (TPSA) is 81.3 Å². The monoisotopic (exact) mass is 428 g/mol. The van der Waals surface area contributed by atoms with Crippen LogP contribution in [-0.4, -0.2) is 32.7 Å². The molecule has 1 aromatic carbocycles. The Morgan fingerprint density at radius 1 is 1.23 bits per heavy atom. The van der Waals surface area contributed by atoms with Gasteiger partial charge in [0.2, 0.25) is 5.91 Å². The predicted octanol–water partition coefficient (Wildman–Crippen LogP) is 4.98. The van der Waals surface area contributed by atoms with Crippen LogP contribution in [0.15, 0.2) is 23.4 Å². The van der Waals surface area contributed by atoms with Gasteiger partial charge < -0.3 is 9.47 Å². The van der Waals surface area contributed by atoms with Crippen molar-refractivity contribution in [3.8, 4) is 0 Å². The predicted molar refractivity (Wildman–Crippen MR) is 118 cm³/mol. The number of rotatable bonds is 5. The van der Waals surface area contributed by atoms with E-state index in [9.17, 15) is 14.9 Å². The molecule has 8 heteroatoms. The van der Waals surface area contributed by atoms with Crippen LogP contribution in [0.3, 0.4) is 0 Å². The Kier molecular flexibility index (Phi) is 6.13. The van der Waals surface area contributed by atoms with Gasteiger partial charge in [0.05, 0.1) is 16.4 Å². The summed E-state index contributed by atoms with van der Waals surface area (Å²) in [5.41, 5.74) is 4.00. The van der Waals surface area contributed by atoms with Crippen LogP contribution in [0.25, 0.3) is 0 Å². The minimum absolute atomic E-state index is 0.0308. The van der Waals surface area contributed by atoms with Crippen molar-refractivity contribution < 1.29 is 9.72 Å². The lowest BCUT2D eigenvalue weighted by Gasteiger charge is -2.29. The molecule has 0 spiro atoms. The molecule has 1 amide bonds. The van der Waals surface area contributed by atoms with Crippen LogP contribution in [0.1, 0.15) is 61.5 Å². The van der Waals surface area contributed by atoms with Gasteiger partial charge >= 0.3 is 0 Å². The number of aryl methyl sites for hydroxylation is 2. The van der Waals surface area contributed by atoms with Gasteiger partial charge in [-0.05, 0) is 51.2 Å². The Balaban J connectivity index is 1.50. The molecule has 7 nitrogen and oxygen atoms in total. The van der Waals surface area contributed by atoms with Gasteiger partial charge in [0.25, 0.3) is 5.69 Å². The summed E-state index contributed by atoms with van der Waals surface area (Å²) >= 11 is 1.51. The molecule has 0 N–H and O–H groups in total. The molecule has 0 bridgehead atoms. The Hall–Kier alpha value is -2.35. The van der Waals surface area contributed by atoms with Crippen molar-refractivity contribution >= 4 is 29.0 Å². The molecule has 1 aliphatic carbocycles. The van der Waals surface area contributed by atoms with Gasteiger partial charge in [0.15, 0.2) is 5.16 Å². The number of aromatic nitrogens is 2. The van der Waals surface area contributed by atoms with Crippen molar-refractivity contribution in [3.05, 3.63) is 45.3 Å². The van der Waals surface area contributed by atoms with Crippen molar-refractivity contribution in [3.63, 3.8) is 0 Å². The number of carbonyl (C=O) groups excluding carboxylic acids is 1. The number of nitrogens with zero attached hydrogens (tertiary/aromatic N) is 4. The first-order valence-electron chi connectivity index (χ1n) is 10.7. The molecule has 1 fully saturated rings. The second-order valence-electron chi connectivity index (χ2n) is 8.23. The lowest BCUT2D eigenvalue weighted by molar-refractivity contribution is -0.384. The van der Waals surface area contributed by atoms with Gasteiger partial charge in [-0.1, -0.05) is 31.0 Å². The van der Waals surface area contributed by atoms with E-state index in [-0.39, 0.29) is 16.5 Å². The van der Waals surface area contributed by atoms with Crippen LogP contribution >= 0.6 is 11.8 Å². The number of nitro groups is 1. The van der Waals surface area contributed by atoms with Gasteiger partial charge in [-0.3, -0.25) is 14.9 Å². The summed E-state index contributed by atoms with van der Waals surface area (Å²) in [6.07, 6.45) is 7.74. The number of imidazole rings is 1. The van der Waals surface area contributed by atoms with E-state index < -0.39 is 0 Å². The lowest BCUT2D eigenvalue weighted by atomic mass is 9.95. The van der Waals surface area contributed by atoms with Gasteiger partial charge in [-0.2, -0.15) is 0 Å². The number of fused-ring (bicyclic) bond motifs is 1. The molecule has 2 aromatic rings. The highest BCUT2D eigenvalue weighted by Gasteiger charge is 2.26. The number of hydrogen-bond acceptors (Lipinski definition) is 5. The standard InChI is InChI=1S/C22H28N4O3S/c1-15-16(2)25(18-8-4-3-5-9-18)22(23-15)30-14-21(27)24-12-6-7-17-13-19(26(28)29)10-11-20(17)24/h10-11,13,18H,3-9,12,14H2,1-2H3. The highest BCUT2D eigenvalue weighted by atomic mass is 32.2. The molecule has 0 atom stereocenters. The van der Waals surface area contributed by atoms with E-state index in [0.717, 1.165) is 34.9 Å². The quantitative estimate of drug-likeness (QED) is 0.381. The Labute approximate surface area is 181 Å². The van der Waals surface area contributed by atoms with Gasteiger partial charge in [0.1, 0.15) is 0 Å². The van der Waals surface area contributed by atoms with Crippen molar-refractivity contribution in [1.29, 1.82) is 0 Å². The fourth-order valence-corrected chi connectivity index (χ4v) is 5.66. The fourth-order valence-electron chi connectivity index (χ4n) is 4.63. The Morgan fingerprint density at radius 3 is 2.73 bits per heavy atom. The molecule has 160 valence electrons. The zero-order valence-electron chi connectivity index (χ0n) is 17.6. The second-order valence-corrected chi connectivity index (χ2v) is 9.18. The zero-order valence-corrected chi connectivity index (χ0v) is 18.4. The van der Waals surface area contributed by atoms with Gasteiger partial charge in [0, 0.05) is 36.1 Å². The maximum Gasteiger partial charge on any atom is 0.269 e. The third-order valence-corrected chi connectivity index (χ3v) is 7.25. The number of non-ortho nitro benzene ring substituents is 1. The summed E-state index contributed by atoms with van der Waals surface area (Å²) in [5.74, 6) is 0.349. The number of carbonyl (C=O) groups is 1. The average Bonchev–Trinajstić information content (AvgIpc) is 3.05. The minimum atomic E-state index is -0.382. The summed E-state index contributed by atoms with van der Waals surface area (Å²) in [6.45, 7) is 4.81. The maximum atomic E-state index is 13.1. The van der Waals surface area contributed by atoms with Crippen LogP contribution in [0.5, 0.6) is 0 Å². The highest BCUT2D eigenvalue weighted by molar-refractivity contribution is 7.99. The average molecular weight is 429 g/mol. The molecule has 0 radical (unpaired) electrons. The molecule has 30 heavy (non-hydrogen) atoms. The summed E-state index contributed by atoms with van der Waals surface area (Å²) in [7, 11) is 0. The van der Waals surface area contributed by atoms with Gasteiger partial charge in [-0.25, -0.2) is 4.98 Å². The van der Waals surface area contributed by atoms with Crippen LogP contribution < -0.4 is 4.90 Å². The highest BCUT2D eigenvalue weighted by Crippen LogP contribution is 2.35. The number of benzene rings is 1. The molecular weight excluding hydrogens is 400 g/mol. The number of nitro benzene ring substituents is 1. The van der Waals surface area contributed by atoms with E-state index in [1.54, 1.807) is 17.0 Å². The van der Waals surface area contributed by atoms with Crippen molar-refractivity contribution in [2.75, 3.05) is 17.2 Å². The third-order valence-electron chi connectivity index (χ3n) is 6.31. The van der Waals surface area contributed by atoms with Crippen LogP contribution in [0.4, 0.5) is 11.4 Å². The van der Waals surface area contributed by atoms with E-state index in [4.69, 9.17) is 4.98 Å². The first kappa shape index (κ1) is 20.9. The Morgan fingerprint density at radius 2 is 2.00 bits per heavy atom. The van der Waals surface area contributed by atoms with E-state index in [1.165, 1.54) is 55.6 Å². The molecule has 0 unspecified atom stereocenters. The van der Waals surface area contributed by atoms with Crippen LogP contribution in [0.2, 0.25) is 0 Å². The molecule has 0 saturated heterocycles. The molecule has 2 heterocycles. The normalized spacial score (nSPS) is 17.1. The number of thioether (sulfide) groups is 1. The van der Waals surface area contributed by atoms with Crippen LogP contribution in [-0.2, 0) is 11.2 Å². The van der Waals surface area contributed by atoms with Gasteiger partial charge in [-0.15, -0.1) is 0 Å². The number of amides is 1. The minimum Gasteiger partial charge on any atom is -0.320 e. The van der Waals surface area contributed by atoms with E-state index >= 15 is 0 Å². The van der Waals surface area contributed by atoms with Crippen LogP contribution in [0, 0.1) is 24.0 Å². The van der Waals surface area contributed by atoms with E-state index in [2.05, 4.69) is 11.5 Å². The largest absolute Gasteiger partial charge is 0.320 e. The summed E-state index contributed by atoms with van der Waals surface area (Å²) in [6, 6.07) is 5.28. The molecule has 4 rings (SSSR count). The second kappa shape index (κ2) is 8.79. The summed E-state index contributed by atoms with van der Waals surface area (Å²) in [4.78, 5) is 30.3. The molecule has 1 aliphatic heterocycles. The van der Waals surface area contributed by atoms with Crippen molar-refractivity contribution in [2.45, 2.75) is 70.0 Å². The van der Waals surface area contributed by atoms with Crippen molar-refractivity contribution in [1.82, 2.24) is 9.55 Å². The lowest BCUT2D eigenvalue weighted by Crippen LogP contribution is -2.36. The first-order chi connectivity index (χ1) is 14.5. The Bertz CT molecular complexity index is 966. The first-order valence-corrected chi connectivity index (χ1v) is 11.7. The maximum absolute atomic E-state index is 13.1. The molecule has 1 saturated carbocycles. The van der Waals surface area contributed by atoms with E-state index in [0.29, 0.717) is 18.3 Å². The third kappa shape index (κ3) is 4.10. The summed E-state index contributed by atoms with van der Waals surface area (Å²) in [5, 5.41) is 12.0. The smallest absolute Gasteiger partial charge is 0.269 e. The SMILES string of the molecule is Cc1nc(SCC(=O)N2CCCc3cc([N+](=O)[O-])ccc32)n(C2CCCCC2)c1C. The number of hydrogen-bond donors (Lipinski definition) is 0. The summed E-state index contributed by atoms with van der Waals surface area (Å²) < 4.78 is 2.35. The fraction of sp³-hybridized carbons (Fsp3) is 0.545. The molecular formula is C22H28N4O3S.